The number of ether oxygens (including phenoxy) is 1. The Labute approximate surface area is 127 Å². The van der Waals surface area contributed by atoms with Gasteiger partial charge >= 0.3 is 0 Å². The van der Waals surface area contributed by atoms with Crippen molar-refractivity contribution in [3.05, 3.63) is 27.5 Å². The molecule has 6 heteroatoms. The minimum absolute atomic E-state index is 0.0302. The van der Waals surface area contributed by atoms with Crippen molar-refractivity contribution in [2.45, 2.75) is 20.3 Å². The quantitative estimate of drug-likeness (QED) is 0.802. The van der Waals surface area contributed by atoms with E-state index in [9.17, 15) is 4.79 Å². The predicted octanol–water partition coefficient (Wildman–Crippen LogP) is 3.29. The Bertz CT molecular complexity index is 452. The number of methoxy groups -OCH3 is 1. The number of hydrogen-bond acceptors (Lipinski definition) is 3. The first-order valence-corrected chi connectivity index (χ1v) is 7.11. The molecule has 0 radical (unpaired) electrons. The van der Waals surface area contributed by atoms with E-state index in [0.29, 0.717) is 18.7 Å². The highest BCUT2D eigenvalue weighted by atomic mass is 79.9. The van der Waals surface area contributed by atoms with Crippen molar-refractivity contribution in [1.82, 2.24) is 10.3 Å². The Kier molecular flexibility index (Phi) is 6.23. The molecule has 0 fully saturated rings. The maximum atomic E-state index is 12.1. The maximum absolute atomic E-state index is 12.1. The third-order valence-electron chi connectivity index (χ3n) is 2.76. The van der Waals surface area contributed by atoms with Gasteiger partial charge in [0.15, 0.2) is 0 Å². The summed E-state index contributed by atoms with van der Waals surface area (Å²) in [6.45, 7) is 5.38. The number of hydrogen-bond donors (Lipinski definition) is 1. The van der Waals surface area contributed by atoms with E-state index in [0.717, 1.165) is 10.9 Å². The zero-order valence-corrected chi connectivity index (χ0v) is 13.6. The van der Waals surface area contributed by atoms with E-state index in [2.05, 4.69) is 40.1 Å². The van der Waals surface area contributed by atoms with Crippen molar-refractivity contribution >= 4 is 33.4 Å². The average Bonchev–Trinajstić information content (AvgIpc) is 2.36. The summed E-state index contributed by atoms with van der Waals surface area (Å²) in [6, 6.07) is 1.66. The molecule has 1 amide bonds. The highest BCUT2D eigenvalue weighted by Gasteiger charge is 2.20. The SMILES string of the molecule is COCCC(C)(C)CNC(=O)c1cc(Br)cnc1Cl. The van der Waals surface area contributed by atoms with Gasteiger partial charge in [0.2, 0.25) is 0 Å². The van der Waals surface area contributed by atoms with Crippen LogP contribution < -0.4 is 5.32 Å². The van der Waals surface area contributed by atoms with Gasteiger partial charge in [0.1, 0.15) is 5.15 Å². The smallest absolute Gasteiger partial charge is 0.254 e. The Morgan fingerprint density at radius 2 is 2.26 bits per heavy atom. The van der Waals surface area contributed by atoms with Gasteiger partial charge in [-0.15, -0.1) is 0 Å². The number of carbonyl (C=O) groups is 1. The van der Waals surface area contributed by atoms with Crippen LogP contribution in [0.4, 0.5) is 0 Å². The van der Waals surface area contributed by atoms with Crippen molar-refractivity contribution in [1.29, 1.82) is 0 Å². The molecule has 1 aromatic rings. The normalized spacial score (nSPS) is 11.4. The largest absolute Gasteiger partial charge is 0.385 e. The highest BCUT2D eigenvalue weighted by molar-refractivity contribution is 9.10. The van der Waals surface area contributed by atoms with E-state index in [1.807, 2.05) is 0 Å². The first-order valence-electron chi connectivity index (χ1n) is 5.94. The number of carbonyl (C=O) groups excluding carboxylic acids is 1. The van der Waals surface area contributed by atoms with Crippen molar-refractivity contribution in [3.63, 3.8) is 0 Å². The molecule has 0 unspecified atom stereocenters. The van der Waals surface area contributed by atoms with Crippen LogP contribution in [0.25, 0.3) is 0 Å². The Balaban J connectivity index is 2.62. The van der Waals surface area contributed by atoms with Crippen molar-refractivity contribution in [2.75, 3.05) is 20.3 Å². The van der Waals surface area contributed by atoms with Crippen molar-refractivity contribution < 1.29 is 9.53 Å². The summed E-state index contributed by atoms with van der Waals surface area (Å²) < 4.78 is 5.78. The lowest BCUT2D eigenvalue weighted by Crippen LogP contribution is -2.34. The predicted molar refractivity (Wildman–Crippen MR) is 79.6 cm³/mol. The maximum Gasteiger partial charge on any atom is 0.254 e. The van der Waals surface area contributed by atoms with Crippen LogP contribution in [0.1, 0.15) is 30.6 Å². The summed E-state index contributed by atoms with van der Waals surface area (Å²) in [4.78, 5) is 16.0. The molecule has 1 aromatic heterocycles. The zero-order chi connectivity index (χ0) is 14.5. The molecule has 0 aliphatic rings. The molecule has 19 heavy (non-hydrogen) atoms. The molecule has 1 N–H and O–H groups in total. The standard InChI is InChI=1S/C13H18BrClN2O2/c1-13(2,4-5-19-3)8-17-12(18)10-6-9(14)7-16-11(10)15/h6-7H,4-5,8H2,1-3H3,(H,17,18). The number of nitrogens with zero attached hydrogens (tertiary/aromatic N) is 1. The van der Waals surface area contributed by atoms with E-state index in [1.165, 1.54) is 0 Å². The second-order valence-electron chi connectivity index (χ2n) is 5.08. The number of amides is 1. The summed E-state index contributed by atoms with van der Waals surface area (Å²) in [5.74, 6) is -0.218. The minimum atomic E-state index is -0.218. The van der Waals surface area contributed by atoms with Crippen LogP contribution in [0.15, 0.2) is 16.7 Å². The molecule has 1 heterocycles. The van der Waals surface area contributed by atoms with Crippen LogP contribution >= 0.6 is 27.5 Å². The zero-order valence-electron chi connectivity index (χ0n) is 11.3. The highest BCUT2D eigenvalue weighted by Crippen LogP contribution is 2.21. The molecule has 0 aromatic carbocycles. The molecule has 0 aliphatic carbocycles. The van der Waals surface area contributed by atoms with E-state index < -0.39 is 0 Å². The van der Waals surface area contributed by atoms with Crippen LogP contribution in [0.3, 0.4) is 0 Å². The molecular formula is C13H18BrClN2O2. The molecule has 0 saturated carbocycles. The van der Waals surface area contributed by atoms with Gasteiger partial charge in [0.05, 0.1) is 5.56 Å². The van der Waals surface area contributed by atoms with E-state index in [-0.39, 0.29) is 16.5 Å². The third-order valence-corrected chi connectivity index (χ3v) is 3.50. The number of halogens is 2. The van der Waals surface area contributed by atoms with Gasteiger partial charge in [0, 0.05) is 30.9 Å². The van der Waals surface area contributed by atoms with E-state index in [1.54, 1.807) is 19.4 Å². The van der Waals surface area contributed by atoms with Crippen molar-refractivity contribution in [3.8, 4) is 0 Å². The molecule has 106 valence electrons. The van der Waals surface area contributed by atoms with Crippen LogP contribution in [-0.2, 0) is 4.74 Å². The molecule has 0 spiro atoms. The van der Waals surface area contributed by atoms with Gasteiger partial charge in [0.25, 0.3) is 5.91 Å². The van der Waals surface area contributed by atoms with Gasteiger partial charge < -0.3 is 10.1 Å². The van der Waals surface area contributed by atoms with Gasteiger partial charge in [-0.3, -0.25) is 4.79 Å². The molecular weight excluding hydrogens is 332 g/mol. The summed E-state index contributed by atoms with van der Waals surface area (Å²) in [5.41, 5.74) is 0.344. The van der Waals surface area contributed by atoms with Gasteiger partial charge in [-0.1, -0.05) is 25.4 Å². The van der Waals surface area contributed by atoms with Crippen LogP contribution in [0, 0.1) is 5.41 Å². The summed E-state index contributed by atoms with van der Waals surface area (Å²) in [6.07, 6.45) is 2.43. The Hall–Kier alpha value is -0.650. The number of nitrogens with one attached hydrogen (secondary N) is 1. The lowest BCUT2D eigenvalue weighted by molar-refractivity contribution is 0.0920. The van der Waals surface area contributed by atoms with E-state index >= 15 is 0 Å². The minimum Gasteiger partial charge on any atom is -0.385 e. The van der Waals surface area contributed by atoms with E-state index in [4.69, 9.17) is 16.3 Å². The molecule has 0 bridgehead atoms. The Morgan fingerprint density at radius 1 is 1.58 bits per heavy atom. The topological polar surface area (TPSA) is 51.2 Å². The second-order valence-corrected chi connectivity index (χ2v) is 6.36. The fourth-order valence-corrected chi connectivity index (χ4v) is 1.98. The molecule has 0 saturated heterocycles. The monoisotopic (exact) mass is 348 g/mol. The summed E-state index contributed by atoms with van der Waals surface area (Å²) >= 11 is 9.18. The molecule has 0 aliphatic heterocycles. The lowest BCUT2D eigenvalue weighted by Gasteiger charge is -2.24. The lowest BCUT2D eigenvalue weighted by atomic mass is 9.89. The third kappa shape index (κ3) is 5.47. The van der Waals surface area contributed by atoms with Crippen molar-refractivity contribution in [2.24, 2.45) is 5.41 Å². The summed E-state index contributed by atoms with van der Waals surface area (Å²) in [7, 11) is 1.67. The average molecular weight is 350 g/mol. The molecule has 4 nitrogen and oxygen atoms in total. The fourth-order valence-electron chi connectivity index (χ4n) is 1.46. The molecule has 0 atom stereocenters. The van der Waals surface area contributed by atoms with Crippen LogP contribution in [-0.4, -0.2) is 31.2 Å². The van der Waals surface area contributed by atoms with Gasteiger partial charge in [-0.05, 0) is 33.8 Å². The second kappa shape index (κ2) is 7.22. The molecule has 1 rings (SSSR count). The Morgan fingerprint density at radius 3 is 2.89 bits per heavy atom. The first-order chi connectivity index (χ1) is 8.85. The van der Waals surface area contributed by atoms with Crippen LogP contribution in [0.2, 0.25) is 5.15 Å². The number of pyridine rings is 1. The number of aromatic nitrogens is 1. The first kappa shape index (κ1) is 16.4. The van der Waals surface area contributed by atoms with Gasteiger partial charge in [-0.2, -0.15) is 0 Å². The number of rotatable bonds is 6. The fraction of sp³-hybridized carbons (Fsp3) is 0.538. The van der Waals surface area contributed by atoms with Gasteiger partial charge in [-0.25, -0.2) is 4.98 Å². The summed E-state index contributed by atoms with van der Waals surface area (Å²) in [5, 5.41) is 3.08. The van der Waals surface area contributed by atoms with Crippen LogP contribution in [0.5, 0.6) is 0 Å².